The van der Waals surface area contributed by atoms with Crippen LogP contribution in [0, 0.1) is 0 Å². The molecule has 0 aliphatic heterocycles. The highest BCUT2D eigenvalue weighted by atomic mass is 16.3. The number of hydrogen-bond donors (Lipinski definition) is 1. The molecule has 0 fully saturated rings. The van der Waals surface area contributed by atoms with Crippen LogP contribution in [0.1, 0.15) is 44.1 Å². The van der Waals surface area contributed by atoms with E-state index in [0.29, 0.717) is 18.3 Å². The van der Waals surface area contributed by atoms with Crippen LogP contribution in [0.2, 0.25) is 0 Å². The summed E-state index contributed by atoms with van der Waals surface area (Å²) in [4.78, 5) is 4.08. The fourth-order valence-electron chi connectivity index (χ4n) is 2.09. The van der Waals surface area contributed by atoms with E-state index < -0.39 is 0 Å². The third-order valence-corrected chi connectivity index (χ3v) is 3.17. The van der Waals surface area contributed by atoms with Gasteiger partial charge in [-0.2, -0.15) is 5.10 Å². The Kier molecular flexibility index (Phi) is 4.15. The quantitative estimate of drug-likeness (QED) is 0.850. The third-order valence-electron chi connectivity index (χ3n) is 3.17. The Labute approximate surface area is 107 Å². The van der Waals surface area contributed by atoms with Crippen LogP contribution in [0.4, 0.5) is 0 Å². The van der Waals surface area contributed by atoms with Crippen LogP contribution in [0.25, 0.3) is 0 Å². The lowest BCUT2D eigenvalue weighted by Crippen LogP contribution is -2.08. The predicted molar refractivity (Wildman–Crippen MR) is 69.1 cm³/mol. The number of aromatic nitrogens is 4. The van der Waals surface area contributed by atoms with Crippen LogP contribution in [0.5, 0.6) is 0 Å². The van der Waals surface area contributed by atoms with Crippen molar-refractivity contribution in [3.63, 3.8) is 0 Å². The van der Waals surface area contributed by atoms with Gasteiger partial charge in [0.1, 0.15) is 0 Å². The van der Waals surface area contributed by atoms with E-state index in [4.69, 9.17) is 5.11 Å². The zero-order valence-corrected chi connectivity index (χ0v) is 11.0. The number of aliphatic hydroxyl groups is 1. The molecule has 5 heteroatoms. The van der Waals surface area contributed by atoms with Gasteiger partial charge in [0.15, 0.2) is 0 Å². The molecular weight excluding hydrogens is 228 g/mol. The van der Waals surface area contributed by atoms with E-state index in [-0.39, 0.29) is 6.61 Å². The average molecular weight is 248 g/mol. The Morgan fingerprint density at radius 3 is 2.67 bits per heavy atom. The molecule has 2 heterocycles. The van der Waals surface area contributed by atoms with Crippen LogP contribution in [-0.2, 0) is 13.2 Å². The highest BCUT2D eigenvalue weighted by Crippen LogP contribution is 2.14. The molecule has 0 spiro atoms. The molecule has 0 aromatic carbocycles. The molecule has 0 saturated carbocycles. The molecule has 0 bridgehead atoms. The van der Waals surface area contributed by atoms with Crippen molar-refractivity contribution in [3.8, 4) is 0 Å². The van der Waals surface area contributed by atoms with Gasteiger partial charge in [0, 0.05) is 12.4 Å². The highest BCUT2D eigenvalue weighted by molar-refractivity contribution is 5.03. The highest BCUT2D eigenvalue weighted by Gasteiger charge is 2.08. The second kappa shape index (κ2) is 5.82. The van der Waals surface area contributed by atoms with Crippen molar-refractivity contribution in [2.45, 2.75) is 45.9 Å². The lowest BCUT2D eigenvalue weighted by atomic mass is 10.2. The molecule has 0 radical (unpaired) electrons. The minimum absolute atomic E-state index is 0.0187. The summed E-state index contributed by atoms with van der Waals surface area (Å²) >= 11 is 0. The number of aliphatic hydroxyl groups excluding tert-OH is 1. The van der Waals surface area contributed by atoms with E-state index in [2.05, 4.69) is 23.9 Å². The van der Waals surface area contributed by atoms with Crippen molar-refractivity contribution in [2.24, 2.45) is 0 Å². The summed E-state index contributed by atoms with van der Waals surface area (Å²) in [5.74, 6) is 0. The molecule has 2 aromatic rings. The van der Waals surface area contributed by atoms with Gasteiger partial charge in [0.2, 0.25) is 0 Å². The van der Waals surface area contributed by atoms with Gasteiger partial charge in [-0.15, -0.1) is 0 Å². The van der Waals surface area contributed by atoms with E-state index in [0.717, 1.165) is 18.5 Å². The Morgan fingerprint density at radius 1 is 1.28 bits per heavy atom. The molecule has 0 unspecified atom stereocenters. The summed E-state index contributed by atoms with van der Waals surface area (Å²) in [6.45, 7) is 5.03. The second-order valence-electron chi connectivity index (χ2n) is 4.45. The summed E-state index contributed by atoms with van der Waals surface area (Å²) in [6, 6.07) is 2.52. The monoisotopic (exact) mass is 248 g/mol. The molecule has 5 nitrogen and oxygen atoms in total. The predicted octanol–water partition coefficient (Wildman–Crippen LogP) is 1.98. The minimum Gasteiger partial charge on any atom is -0.390 e. The molecule has 1 N–H and O–H groups in total. The fraction of sp³-hybridized carbons (Fsp3) is 0.538. The maximum absolute atomic E-state index is 8.96. The molecule has 0 aliphatic carbocycles. The van der Waals surface area contributed by atoms with Gasteiger partial charge in [0.25, 0.3) is 0 Å². The summed E-state index contributed by atoms with van der Waals surface area (Å²) in [7, 11) is 0. The number of nitrogens with zero attached hydrogens (tertiary/aromatic N) is 4. The smallest absolute Gasteiger partial charge is 0.0954 e. The molecule has 0 atom stereocenters. The summed E-state index contributed by atoms with van der Waals surface area (Å²) < 4.78 is 3.98. The maximum Gasteiger partial charge on any atom is 0.0954 e. The zero-order valence-electron chi connectivity index (χ0n) is 11.0. The van der Waals surface area contributed by atoms with Crippen LogP contribution < -0.4 is 0 Å². The van der Waals surface area contributed by atoms with Crippen molar-refractivity contribution >= 4 is 0 Å². The second-order valence-corrected chi connectivity index (χ2v) is 4.45. The number of rotatable bonds is 6. The van der Waals surface area contributed by atoms with Crippen LogP contribution >= 0.6 is 0 Å². The zero-order chi connectivity index (χ0) is 13.0. The molecule has 2 rings (SSSR count). The first-order valence-corrected chi connectivity index (χ1v) is 6.42. The molecule has 18 heavy (non-hydrogen) atoms. The van der Waals surface area contributed by atoms with Crippen LogP contribution in [-0.4, -0.2) is 24.4 Å². The number of imidazole rings is 1. The first-order chi connectivity index (χ1) is 8.76. The van der Waals surface area contributed by atoms with Crippen molar-refractivity contribution in [2.75, 3.05) is 0 Å². The van der Waals surface area contributed by atoms with Crippen LogP contribution in [0.3, 0.4) is 0 Å². The Hall–Kier alpha value is -1.62. The molecule has 98 valence electrons. The molecular formula is C13H20N4O. The molecule has 0 aliphatic rings. The Morgan fingerprint density at radius 2 is 2.06 bits per heavy atom. The fourth-order valence-corrected chi connectivity index (χ4v) is 2.09. The van der Waals surface area contributed by atoms with E-state index in [1.807, 2.05) is 27.7 Å². The number of hydrogen-bond acceptors (Lipinski definition) is 3. The SMILES string of the molecule is CCC(CC)n1ccc(Cn2cnc(CO)c2)n1. The van der Waals surface area contributed by atoms with Gasteiger partial charge < -0.3 is 9.67 Å². The summed E-state index contributed by atoms with van der Waals surface area (Å²) in [5.41, 5.74) is 1.71. The largest absolute Gasteiger partial charge is 0.390 e. The Bertz CT molecular complexity index is 485. The molecule has 0 amide bonds. The van der Waals surface area contributed by atoms with E-state index >= 15 is 0 Å². The van der Waals surface area contributed by atoms with Crippen molar-refractivity contribution in [3.05, 3.63) is 36.2 Å². The van der Waals surface area contributed by atoms with Gasteiger partial charge in [-0.3, -0.25) is 4.68 Å². The van der Waals surface area contributed by atoms with Gasteiger partial charge >= 0.3 is 0 Å². The van der Waals surface area contributed by atoms with E-state index in [9.17, 15) is 0 Å². The van der Waals surface area contributed by atoms with Crippen molar-refractivity contribution in [1.29, 1.82) is 0 Å². The van der Waals surface area contributed by atoms with Crippen molar-refractivity contribution < 1.29 is 5.11 Å². The standard InChI is InChI=1S/C13H20N4O/c1-3-13(4-2)17-6-5-11(15-17)7-16-8-12(9-18)14-10-16/h5-6,8,10,13,18H,3-4,7,9H2,1-2H3. The first kappa shape index (κ1) is 12.8. The lowest BCUT2D eigenvalue weighted by molar-refractivity contribution is 0.277. The van der Waals surface area contributed by atoms with Crippen molar-refractivity contribution in [1.82, 2.24) is 19.3 Å². The third kappa shape index (κ3) is 2.79. The van der Waals surface area contributed by atoms with Gasteiger partial charge in [-0.05, 0) is 18.9 Å². The van der Waals surface area contributed by atoms with Gasteiger partial charge in [0.05, 0.1) is 36.9 Å². The topological polar surface area (TPSA) is 55.9 Å². The maximum atomic E-state index is 8.96. The van der Waals surface area contributed by atoms with Gasteiger partial charge in [-0.25, -0.2) is 4.98 Å². The summed E-state index contributed by atoms with van der Waals surface area (Å²) in [5, 5.41) is 13.6. The normalized spacial score (nSPS) is 11.3. The first-order valence-electron chi connectivity index (χ1n) is 6.42. The Balaban J connectivity index is 2.06. The molecule has 0 saturated heterocycles. The van der Waals surface area contributed by atoms with Gasteiger partial charge in [-0.1, -0.05) is 13.8 Å². The van der Waals surface area contributed by atoms with E-state index in [1.165, 1.54) is 0 Å². The minimum atomic E-state index is -0.0187. The average Bonchev–Trinajstić information content (AvgIpc) is 3.01. The summed E-state index contributed by atoms with van der Waals surface area (Å²) in [6.07, 6.45) is 7.80. The lowest BCUT2D eigenvalue weighted by Gasteiger charge is -2.12. The van der Waals surface area contributed by atoms with E-state index in [1.54, 1.807) is 6.33 Å². The molecule has 2 aromatic heterocycles. The van der Waals surface area contributed by atoms with Crippen LogP contribution in [0.15, 0.2) is 24.8 Å².